The van der Waals surface area contributed by atoms with Gasteiger partial charge in [-0.05, 0) is 18.1 Å². The lowest BCUT2D eigenvalue weighted by Gasteiger charge is -2.03. The van der Waals surface area contributed by atoms with E-state index in [-0.39, 0.29) is 0 Å². The van der Waals surface area contributed by atoms with E-state index in [1.807, 2.05) is 6.08 Å². The van der Waals surface area contributed by atoms with Crippen LogP contribution in [0.1, 0.15) is 13.8 Å². The van der Waals surface area contributed by atoms with Crippen molar-refractivity contribution in [1.29, 1.82) is 0 Å². The SMILES string of the molecule is CC(C)C1=CC2C=CC=NC2=N1. The van der Waals surface area contributed by atoms with Crippen molar-refractivity contribution in [1.82, 2.24) is 0 Å². The fraction of sp³-hybridized carbons (Fsp3) is 0.400. The van der Waals surface area contributed by atoms with E-state index in [2.05, 4.69) is 36.0 Å². The van der Waals surface area contributed by atoms with Gasteiger partial charge < -0.3 is 0 Å². The Morgan fingerprint density at radius 3 is 2.92 bits per heavy atom. The molecule has 0 spiro atoms. The summed E-state index contributed by atoms with van der Waals surface area (Å²) in [5, 5.41) is 0. The largest absolute Gasteiger partial charge is 0.240 e. The highest BCUT2D eigenvalue weighted by Gasteiger charge is 2.20. The van der Waals surface area contributed by atoms with E-state index in [0.29, 0.717) is 11.8 Å². The minimum absolute atomic E-state index is 0.340. The molecule has 1 atom stereocenters. The summed E-state index contributed by atoms with van der Waals surface area (Å²) >= 11 is 0. The Bertz CT molecular complexity index is 306. The number of rotatable bonds is 1. The highest BCUT2D eigenvalue weighted by Crippen LogP contribution is 2.25. The summed E-state index contributed by atoms with van der Waals surface area (Å²) in [7, 11) is 0. The molecule has 0 radical (unpaired) electrons. The maximum Gasteiger partial charge on any atom is 0.139 e. The van der Waals surface area contributed by atoms with Crippen LogP contribution in [0.15, 0.2) is 33.9 Å². The lowest BCUT2D eigenvalue weighted by molar-refractivity contribution is 0.759. The van der Waals surface area contributed by atoms with Gasteiger partial charge in [-0.15, -0.1) is 0 Å². The van der Waals surface area contributed by atoms with Crippen molar-refractivity contribution in [3.63, 3.8) is 0 Å². The number of amidine groups is 1. The van der Waals surface area contributed by atoms with Gasteiger partial charge in [0.2, 0.25) is 0 Å². The van der Waals surface area contributed by atoms with E-state index < -0.39 is 0 Å². The molecule has 2 nitrogen and oxygen atoms in total. The number of hydrogen-bond donors (Lipinski definition) is 0. The molecule has 2 rings (SSSR count). The first-order valence-corrected chi connectivity index (χ1v) is 4.28. The summed E-state index contributed by atoms with van der Waals surface area (Å²) in [5.74, 6) is 1.79. The van der Waals surface area contributed by atoms with Crippen LogP contribution >= 0.6 is 0 Å². The molecule has 2 heteroatoms. The Kier molecular flexibility index (Phi) is 1.68. The molecule has 0 N–H and O–H groups in total. The van der Waals surface area contributed by atoms with Crippen molar-refractivity contribution in [3.8, 4) is 0 Å². The smallest absolute Gasteiger partial charge is 0.139 e. The zero-order valence-corrected chi connectivity index (χ0v) is 7.36. The van der Waals surface area contributed by atoms with Gasteiger partial charge >= 0.3 is 0 Å². The van der Waals surface area contributed by atoms with Gasteiger partial charge in [0.15, 0.2) is 0 Å². The molecule has 0 aromatic carbocycles. The fourth-order valence-electron chi connectivity index (χ4n) is 1.37. The third-order valence-electron chi connectivity index (χ3n) is 2.09. The summed E-state index contributed by atoms with van der Waals surface area (Å²) in [6.07, 6.45) is 8.09. The summed E-state index contributed by atoms with van der Waals surface area (Å²) in [4.78, 5) is 8.65. The minimum Gasteiger partial charge on any atom is -0.240 e. The second-order valence-electron chi connectivity index (χ2n) is 3.41. The van der Waals surface area contributed by atoms with E-state index in [1.54, 1.807) is 6.21 Å². The van der Waals surface area contributed by atoms with Crippen LogP contribution in [-0.2, 0) is 0 Å². The Balaban J connectivity index is 2.29. The first kappa shape index (κ1) is 7.47. The maximum absolute atomic E-state index is 4.44. The number of allylic oxidation sites excluding steroid dienone is 2. The van der Waals surface area contributed by atoms with Crippen molar-refractivity contribution in [2.75, 3.05) is 0 Å². The van der Waals surface area contributed by atoms with E-state index in [1.165, 1.54) is 5.70 Å². The number of dihydropyridines is 1. The predicted molar refractivity (Wildman–Crippen MR) is 51.5 cm³/mol. The molecule has 0 aliphatic carbocycles. The molecule has 62 valence electrons. The zero-order chi connectivity index (χ0) is 8.55. The Labute approximate surface area is 72.4 Å². The summed E-state index contributed by atoms with van der Waals surface area (Å²) in [5.41, 5.74) is 1.17. The molecule has 0 fully saturated rings. The normalized spacial score (nSPS) is 25.8. The lowest BCUT2D eigenvalue weighted by atomic mass is 10.0. The molecule has 1 unspecified atom stereocenters. The molecule has 0 saturated heterocycles. The third kappa shape index (κ3) is 1.13. The topological polar surface area (TPSA) is 24.7 Å². The van der Waals surface area contributed by atoms with Crippen LogP contribution in [0.2, 0.25) is 0 Å². The quantitative estimate of drug-likeness (QED) is 0.561. The molecule has 0 amide bonds. The van der Waals surface area contributed by atoms with E-state index >= 15 is 0 Å². The van der Waals surface area contributed by atoms with Crippen molar-refractivity contribution in [2.24, 2.45) is 21.8 Å². The summed E-state index contributed by atoms with van der Waals surface area (Å²) < 4.78 is 0. The van der Waals surface area contributed by atoms with Crippen molar-refractivity contribution in [3.05, 3.63) is 23.9 Å². The van der Waals surface area contributed by atoms with Crippen LogP contribution in [0.25, 0.3) is 0 Å². The van der Waals surface area contributed by atoms with Crippen molar-refractivity contribution >= 4 is 12.1 Å². The number of fused-ring (bicyclic) bond motifs is 1. The molecule has 0 bridgehead atoms. The number of nitrogens with zero attached hydrogens (tertiary/aromatic N) is 2. The Morgan fingerprint density at radius 1 is 1.42 bits per heavy atom. The van der Waals surface area contributed by atoms with Gasteiger partial charge in [-0.2, -0.15) is 0 Å². The van der Waals surface area contributed by atoms with Gasteiger partial charge in [0.1, 0.15) is 5.84 Å². The first-order valence-electron chi connectivity index (χ1n) is 4.28. The predicted octanol–water partition coefficient (Wildman–Crippen LogP) is 2.20. The zero-order valence-electron chi connectivity index (χ0n) is 7.36. The average Bonchev–Trinajstić information content (AvgIpc) is 2.46. The summed E-state index contributed by atoms with van der Waals surface area (Å²) in [6, 6.07) is 0. The molecule has 2 aliphatic rings. The van der Waals surface area contributed by atoms with E-state index in [9.17, 15) is 0 Å². The second kappa shape index (κ2) is 2.70. The van der Waals surface area contributed by atoms with Crippen LogP contribution in [0.4, 0.5) is 0 Å². The first-order chi connectivity index (χ1) is 5.77. The summed E-state index contributed by atoms with van der Waals surface area (Å²) in [6.45, 7) is 4.31. The van der Waals surface area contributed by atoms with Crippen LogP contribution in [-0.4, -0.2) is 12.1 Å². The monoisotopic (exact) mass is 160 g/mol. The lowest BCUT2D eigenvalue weighted by Crippen LogP contribution is -2.06. The van der Waals surface area contributed by atoms with Gasteiger partial charge in [-0.1, -0.05) is 19.9 Å². The molecule has 0 aromatic rings. The average molecular weight is 160 g/mol. The van der Waals surface area contributed by atoms with Crippen LogP contribution in [0.5, 0.6) is 0 Å². The van der Waals surface area contributed by atoms with E-state index in [0.717, 1.165) is 5.84 Å². The van der Waals surface area contributed by atoms with Crippen LogP contribution < -0.4 is 0 Å². The molecule has 12 heavy (non-hydrogen) atoms. The Hall–Kier alpha value is -1.18. The third-order valence-corrected chi connectivity index (χ3v) is 2.09. The molecular weight excluding hydrogens is 148 g/mol. The van der Waals surface area contributed by atoms with Gasteiger partial charge in [0.25, 0.3) is 0 Å². The number of hydrogen-bond acceptors (Lipinski definition) is 2. The number of aliphatic imine (C=N–C) groups is 2. The molecule has 0 aromatic heterocycles. The van der Waals surface area contributed by atoms with Gasteiger partial charge in [-0.3, -0.25) is 0 Å². The standard InChI is InChI=1S/C10H12N2/c1-7(2)9-6-8-4-3-5-11-10(8)12-9/h3-8H,1-2H3. The van der Waals surface area contributed by atoms with Crippen LogP contribution in [0.3, 0.4) is 0 Å². The molecule has 0 saturated carbocycles. The Morgan fingerprint density at radius 2 is 2.25 bits per heavy atom. The van der Waals surface area contributed by atoms with Crippen LogP contribution in [0, 0.1) is 11.8 Å². The molecular formula is C10H12N2. The molecule has 2 aliphatic heterocycles. The van der Waals surface area contributed by atoms with E-state index in [4.69, 9.17) is 0 Å². The van der Waals surface area contributed by atoms with Gasteiger partial charge in [0, 0.05) is 11.9 Å². The highest BCUT2D eigenvalue weighted by atomic mass is 15.0. The van der Waals surface area contributed by atoms with Gasteiger partial charge in [-0.25, -0.2) is 9.98 Å². The maximum atomic E-state index is 4.44. The van der Waals surface area contributed by atoms with Gasteiger partial charge in [0.05, 0.1) is 5.92 Å². The second-order valence-corrected chi connectivity index (χ2v) is 3.41. The highest BCUT2D eigenvalue weighted by molar-refractivity contribution is 6.00. The minimum atomic E-state index is 0.340. The van der Waals surface area contributed by atoms with Crippen molar-refractivity contribution < 1.29 is 0 Å². The fourth-order valence-corrected chi connectivity index (χ4v) is 1.37. The van der Waals surface area contributed by atoms with Crippen molar-refractivity contribution in [2.45, 2.75) is 13.8 Å². The molecule has 2 heterocycles.